The maximum Gasteiger partial charge on any atom is 0.282 e. The van der Waals surface area contributed by atoms with Crippen LogP contribution in [0.15, 0.2) is 54.2 Å². The van der Waals surface area contributed by atoms with Gasteiger partial charge in [0.1, 0.15) is 11.4 Å². The molecule has 1 fully saturated rings. The third-order valence-corrected chi connectivity index (χ3v) is 6.39. The van der Waals surface area contributed by atoms with E-state index in [9.17, 15) is 9.59 Å². The number of para-hydroxylation sites is 1. The molecule has 2 aliphatic rings. The van der Waals surface area contributed by atoms with Gasteiger partial charge in [0.05, 0.1) is 18.4 Å². The molecule has 6 nitrogen and oxygen atoms in total. The van der Waals surface area contributed by atoms with E-state index in [1.54, 1.807) is 7.11 Å². The number of carbonyl (C=O) groups is 2. The maximum atomic E-state index is 13.7. The van der Waals surface area contributed by atoms with Crippen LogP contribution in [0.1, 0.15) is 37.8 Å². The van der Waals surface area contributed by atoms with Crippen LogP contribution in [0.25, 0.3) is 5.57 Å². The number of nitrogens with zero attached hydrogens (tertiary/aromatic N) is 3. The van der Waals surface area contributed by atoms with E-state index in [-0.39, 0.29) is 11.8 Å². The van der Waals surface area contributed by atoms with Crippen LogP contribution in [0, 0.1) is 0 Å². The van der Waals surface area contributed by atoms with Crippen molar-refractivity contribution in [3.8, 4) is 5.75 Å². The van der Waals surface area contributed by atoms with E-state index in [4.69, 9.17) is 4.74 Å². The first-order valence-electron chi connectivity index (χ1n) is 11.3. The van der Waals surface area contributed by atoms with Crippen LogP contribution >= 0.6 is 0 Å². The van der Waals surface area contributed by atoms with Crippen LogP contribution < -0.4 is 9.64 Å². The minimum Gasteiger partial charge on any atom is -0.496 e. The Morgan fingerprint density at radius 3 is 2.16 bits per heavy atom. The molecule has 0 N–H and O–H groups in total. The molecule has 4 rings (SSSR count). The molecular weight excluding hydrogens is 402 g/mol. The highest BCUT2D eigenvalue weighted by Crippen LogP contribution is 2.38. The van der Waals surface area contributed by atoms with Crippen LogP contribution in [-0.4, -0.2) is 61.4 Å². The molecule has 0 spiro atoms. The fourth-order valence-corrected chi connectivity index (χ4v) is 4.44. The average Bonchev–Trinajstić information content (AvgIpc) is 3.08. The highest BCUT2D eigenvalue weighted by Gasteiger charge is 2.43. The van der Waals surface area contributed by atoms with Crippen LogP contribution in [0.3, 0.4) is 0 Å². The quantitative estimate of drug-likeness (QED) is 0.650. The Balaban J connectivity index is 1.78. The highest BCUT2D eigenvalue weighted by atomic mass is 16.5. The summed E-state index contributed by atoms with van der Waals surface area (Å²) in [6, 6.07) is 15.1. The number of amides is 2. The predicted molar refractivity (Wildman–Crippen MR) is 127 cm³/mol. The third-order valence-electron chi connectivity index (χ3n) is 6.39. The molecule has 0 bridgehead atoms. The van der Waals surface area contributed by atoms with Gasteiger partial charge in [0.25, 0.3) is 11.8 Å². The molecule has 0 atom stereocenters. The Hall–Kier alpha value is -3.12. The molecule has 2 aromatic carbocycles. The molecule has 2 aromatic rings. The minimum absolute atomic E-state index is 0.266. The van der Waals surface area contributed by atoms with Gasteiger partial charge in [-0.3, -0.25) is 9.59 Å². The molecule has 2 amide bonds. The van der Waals surface area contributed by atoms with Gasteiger partial charge in [0.2, 0.25) is 0 Å². The first-order valence-corrected chi connectivity index (χ1v) is 11.3. The van der Waals surface area contributed by atoms with Crippen molar-refractivity contribution >= 4 is 23.1 Å². The van der Waals surface area contributed by atoms with E-state index < -0.39 is 0 Å². The topological polar surface area (TPSA) is 53.1 Å². The van der Waals surface area contributed by atoms with Crippen molar-refractivity contribution < 1.29 is 14.3 Å². The molecule has 0 aromatic heterocycles. The monoisotopic (exact) mass is 433 g/mol. The first kappa shape index (κ1) is 22.1. The second kappa shape index (κ2) is 9.17. The van der Waals surface area contributed by atoms with Gasteiger partial charge >= 0.3 is 0 Å². The van der Waals surface area contributed by atoms with Gasteiger partial charge in [-0.25, -0.2) is 4.90 Å². The summed E-state index contributed by atoms with van der Waals surface area (Å²) in [6.45, 7) is 10.5. The van der Waals surface area contributed by atoms with E-state index in [2.05, 4.69) is 30.6 Å². The number of ether oxygens (including phenoxy) is 1. The van der Waals surface area contributed by atoms with Crippen molar-refractivity contribution in [3.05, 3.63) is 65.4 Å². The van der Waals surface area contributed by atoms with Gasteiger partial charge in [-0.2, -0.15) is 0 Å². The minimum atomic E-state index is -0.301. The van der Waals surface area contributed by atoms with Crippen LogP contribution in [0.5, 0.6) is 5.75 Å². The van der Waals surface area contributed by atoms with Crippen LogP contribution in [-0.2, 0) is 9.59 Å². The summed E-state index contributed by atoms with van der Waals surface area (Å²) in [7, 11) is 1.59. The molecule has 32 heavy (non-hydrogen) atoms. The van der Waals surface area contributed by atoms with Crippen molar-refractivity contribution in [1.29, 1.82) is 0 Å². The molecule has 6 heteroatoms. The van der Waals surface area contributed by atoms with Crippen LogP contribution in [0.2, 0.25) is 0 Å². The van der Waals surface area contributed by atoms with Crippen molar-refractivity contribution in [1.82, 2.24) is 9.80 Å². The summed E-state index contributed by atoms with van der Waals surface area (Å²) < 4.78 is 5.55. The third kappa shape index (κ3) is 3.91. The molecule has 1 saturated heterocycles. The molecule has 2 heterocycles. The zero-order chi connectivity index (χ0) is 22.8. The lowest BCUT2D eigenvalue weighted by atomic mass is 10.0. The summed E-state index contributed by atoms with van der Waals surface area (Å²) in [5.41, 5.74) is 3.32. The number of hydrogen-bond donors (Lipinski definition) is 0. The van der Waals surface area contributed by atoms with E-state index in [0.717, 1.165) is 19.6 Å². The SMILES string of the molecule is CCN1CCN(C2=C(c3ccccc3OC)C(=O)N(c3ccc(C(C)C)cc3)C2=O)CC1. The standard InChI is InChI=1S/C26H31N3O3/c1-5-27-14-16-28(17-15-27)24-23(21-8-6-7-9-22(21)32-4)25(30)29(26(24)31)20-12-10-19(11-13-20)18(2)3/h6-13,18H,5,14-17H2,1-4H3. The van der Waals surface area contributed by atoms with Gasteiger partial charge in [0.15, 0.2) is 0 Å². The largest absolute Gasteiger partial charge is 0.496 e. The van der Waals surface area contributed by atoms with Gasteiger partial charge < -0.3 is 14.5 Å². The fourth-order valence-electron chi connectivity index (χ4n) is 4.44. The molecular formula is C26H31N3O3. The number of hydrogen-bond acceptors (Lipinski definition) is 5. The number of anilines is 1. The lowest BCUT2D eigenvalue weighted by molar-refractivity contribution is -0.120. The lowest BCUT2D eigenvalue weighted by Crippen LogP contribution is -2.47. The highest BCUT2D eigenvalue weighted by molar-refractivity contribution is 6.45. The number of rotatable bonds is 6. The summed E-state index contributed by atoms with van der Waals surface area (Å²) in [5, 5.41) is 0. The van der Waals surface area contributed by atoms with Gasteiger partial charge in [-0.1, -0.05) is 51.1 Å². The number of methoxy groups -OCH3 is 1. The van der Waals surface area contributed by atoms with Crippen LogP contribution in [0.4, 0.5) is 5.69 Å². The number of imide groups is 1. The van der Waals surface area contributed by atoms with Crippen molar-refractivity contribution in [2.24, 2.45) is 0 Å². The number of benzene rings is 2. The Morgan fingerprint density at radius 2 is 1.56 bits per heavy atom. The van der Waals surface area contributed by atoms with Crippen molar-refractivity contribution in [3.63, 3.8) is 0 Å². The number of carbonyl (C=O) groups excluding carboxylic acids is 2. The Morgan fingerprint density at radius 1 is 0.906 bits per heavy atom. The van der Waals surface area contributed by atoms with E-state index in [1.807, 2.05) is 48.5 Å². The predicted octanol–water partition coefficient (Wildman–Crippen LogP) is 3.74. The lowest BCUT2D eigenvalue weighted by Gasteiger charge is -2.36. The summed E-state index contributed by atoms with van der Waals surface area (Å²) in [5.74, 6) is 0.398. The Kier molecular flexibility index (Phi) is 6.33. The number of piperazine rings is 1. The summed E-state index contributed by atoms with van der Waals surface area (Å²) in [4.78, 5) is 33.2. The molecule has 2 aliphatic heterocycles. The Labute approximate surface area is 190 Å². The number of likely N-dealkylation sites (N-methyl/N-ethyl adjacent to an activating group) is 1. The van der Waals surface area contributed by atoms with Gasteiger partial charge in [-0.15, -0.1) is 0 Å². The van der Waals surface area contributed by atoms with E-state index >= 15 is 0 Å². The van der Waals surface area contributed by atoms with Gasteiger partial charge in [0, 0.05) is 31.7 Å². The molecule has 0 radical (unpaired) electrons. The Bertz CT molecular complexity index is 1030. The second-order valence-corrected chi connectivity index (χ2v) is 8.54. The smallest absolute Gasteiger partial charge is 0.282 e. The summed E-state index contributed by atoms with van der Waals surface area (Å²) in [6.07, 6.45) is 0. The molecule has 0 saturated carbocycles. The van der Waals surface area contributed by atoms with Crippen molar-refractivity contribution in [2.75, 3.05) is 44.7 Å². The van der Waals surface area contributed by atoms with E-state index in [1.165, 1.54) is 10.5 Å². The second-order valence-electron chi connectivity index (χ2n) is 8.54. The van der Waals surface area contributed by atoms with Crippen molar-refractivity contribution in [2.45, 2.75) is 26.7 Å². The average molecular weight is 434 g/mol. The maximum absolute atomic E-state index is 13.7. The molecule has 0 unspecified atom stereocenters. The summed E-state index contributed by atoms with van der Waals surface area (Å²) >= 11 is 0. The first-order chi connectivity index (χ1) is 15.5. The van der Waals surface area contributed by atoms with E-state index in [0.29, 0.717) is 47.3 Å². The normalized spacial score (nSPS) is 17.7. The van der Waals surface area contributed by atoms with Gasteiger partial charge in [-0.05, 0) is 36.2 Å². The molecule has 168 valence electrons. The zero-order valence-corrected chi connectivity index (χ0v) is 19.3. The fraction of sp³-hybridized carbons (Fsp3) is 0.385. The zero-order valence-electron chi connectivity index (χ0n) is 19.3. The molecule has 0 aliphatic carbocycles.